The molecule has 0 N–H and O–H groups in total. The second kappa shape index (κ2) is 9.02. The third kappa shape index (κ3) is 4.66. The van der Waals surface area contributed by atoms with Crippen LogP contribution in [-0.2, 0) is 10.2 Å². The molecule has 3 heterocycles. The zero-order valence-corrected chi connectivity index (χ0v) is 20.1. The van der Waals surface area contributed by atoms with Crippen molar-refractivity contribution in [2.24, 2.45) is 0 Å². The Hall–Kier alpha value is -3.13. The van der Waals surface area contributed by atoms with Gasteiger partial charge in [0, 0.05) is 48.2 Å². The summed E-state index contributed by atoms with van der Waals surface area (Å²) in [7, 11) is 0. The van der Waals surface area contributed by atoms with Crippen LogP contribution in [0.5, 0.6) is 0 Å². The van der Waals surface area contributed by atoms with E-state index in [0.717, 1.165) is 11.3 Å². The summed E-state index contributed by atoms with van der Waals surface area (Å²) in [5.74, 6) is -0.164. The van der Waals surface area contributed by atoms with Gasteiger partial charge in [-0.1, -0.05) is 50.6 Å². The van der Waals surface area contributed by atoms with Crippen molar-refractivity contribution in [2.45, 2.75) is 33.1 Å². The van der Waals surface area contributed by atoms with Gasteiger partial charge in [0.2, 0.25) is 0 Å². The van der Waals surface area contributed by atoms with Crippen molar-refractivity contribution in [3.8, 4) is 11.3 Å². The summed E-state index contributed by atoms with van der Waals surface area (Å²) in [6, 6.07) is 11.1. The summed E-state index contributed by atoms with van der Waals surface area (Å²) in [4.78, 5) is 33.7. The first-order valence-electron chi connectivity index (χ1n) is 11.1. The van der Waals surface area contributed by atoms with Crippen molar-refractivity contribution in [3.63, 3.8) is 0 Å². The second-order valence-corrected chi connectivity index (χ2v) is 9.44. The highest BCUT2D eigenvalue weighted by molar-refractivity contribution is 6.33. The number of nitrogens with zero attached hydrogens (tertiary/aromatic N) is 5. The lowest BCUT2D eigenvalue weighted by Crippen LogP contribution is -2.51. The van der Waals surface area contributed by atoms with E-state index in [4.69, 9.17) is 26.4 Å². The number of amides is 2. The van der Waals surface area contributed by atoms with Crippen LogP contribution in [0.4, 0.5) is 4.79 Å². The Morgan fingerprint density at radius 2 is 1.73 bits per heavy atom. The number of carbonyl (C=O) groups is 2. The average molecular weight is 470 g/mol. The Morgan fingerprint density at radius 3 is 2.36 bits per heavy atom. The standard InChI is InChI=1S/C24H28ClN5O3/c1-5-33-23(32)29-12-10-28(11-13-29)22(31)19-14-18(16-8-6-7-9-17(16)25)26-21-15-20(24(2,3)4)27-30(19)21/h6-9,14-15H,5,10-13H2,1-4H3. The highest BCUT2D eigenvalue weighted by Crippen LogP contribution is 2.29. The first-order valence-corrected chi connectivity index (χ1v) is 11.4. The van der Waals surface area contributed by atoms with E-state index in [0.29, 0.717) is 54.8 Å². The van der Waals surface area contributed by atoms with E-state index in [1.807, 2.05) is 24.3 Å². The highest BCUT2D eigenvalue weighted by atomic mass is 35.5. The molecule has 8 nitrogen and oxygen atoms in total. The van der Waals surface area contributed by atoms with Gasteiger partial charge in [-0.25, -0.2) is 14.3 Å². The molecule has 1 saturated heterocycles. The maximum Gasteiger partial charge on any atom is 0.409 e. The van der Waals surface area contributed by atoms with Crippen LogP contribution in [0.3, 0.4) is 0 Å². The largest absolute Gasteiger partial charge is 0.450 e. The number of fused-ring (bicyclic) bond motifs is 1. The van der Waals surface area contributed by atoms with E-state index < -0.39 is 0 Å². The lowest BCUT2D eigenvalue weighted by Gasteiger charge is -2.34. The molecule has 1 fully saturated rings. The SMILES string of the molecule is CCOC(=O)N1CCN(C(=O)c2cc(-c3ccccc3Cl)nc3cc(C(C)(C)C)nn23)CC1. The summed E-state index contributed by atoms with van der Waals surface area (Å²) in [6.45, 7) is 9.98. The smallest absolute Gasteiger partial charge is 0.409 e. The van der Waals surface area contributed by atoms with Crippen molar-refractivity contribution >= 4 is 29.2 Å². The van der Waals surface area contributed by atoms with Gasteiger partial charge in [-0.3, -0.25) is 4.79 Å². The van der Waals surface area contributed by atoms with Gasteiger partial charge in [-0.2, -0.15) is 5.10 Å². The minimum Gasteiger partial charge on any atom is -0.450 e. The molecule has 33 heavy (non-hydrogen) atoms. The lowest BCUT2D eigenvalue weighted by atomic mass is 9.93. The van der Waals surface area contributed by atoms with Gasteiger partial charge in [0.1, 0.15) is 5.69 Å². The fourth-order valence-electron chi connectivity index (χ4n) is 3.77. The van der Waals surface area contributed by atoms with Crippen LogP contribution in [0, 0.1) is 0 Å². The van der Waals surface area contributed by atoms with Crippen molar-refractivity contribution < 1.29 is 14.3 Å². The molecule has 0 aliphatic carbocycles. The molecule has 0 atom stereocenters. The summed E-state index contributed by atoms with van der Waals surface area (Å²) in [5, 5.41) is 5.28. The number of ether oxygens (including phenoxy) is 1. The molecule has 1 aliphatic heterocycles. The maximum atomic E-state index is 13.6. The number of hydrogen-bond donors (Lipinski definition) is 0. The van der Waals surface area contributed by atoms with Gasteiger partial charge in [0.15, 0.2) is 5.65 Å². The lowest BCUT2D eigenvalue weighted by molar-refractivity contribution is 0.0563. The zero-order valence-electron chi connectivity index (χ0n) is 19.3. The van der Waals surface area contributed by atoms with Crippen LogP contribution in [0.15, 0.2) is 36.4 Å². The minimum atomic E-state index is -0.348. The van der Waals surface area contributed by atoms with Crippen molar-refractivity contribution in [1.29, 1.82) is 0 Å². The Labute approximate surface area is 198 Å². The summed E-state index contributed by atoms with van der Waals surface area (Å²) in [5.41, 5.74) is 3.00. The molecule has 0 spiro atoms. The molecule has 2 aromatic heterocycles. The molecule has 0 unspecified atom stereocenters. The van der Waals surface area contributed by atoms with Crippen LogP contribution < -0.4 is 0 Å². The van der Waals surface area contributed by atoms with E-state index >= 15 is 0 Å². The average Bonchev–Trinajstić information content (AvgIpc) is 3.23. The molecular formula is C24H28ClN5O3. The molecule has 9 heteroatoms. The summed E-state index contributed by atoms with van der Waals surface area (Å²) in [6.07, 6.45) is -0.348. The van der Waals surface area contributed by atoms with E-state index in [1.54, 1.807) is 33.4 Å². The molecule has 4 rings (SSSR count). The third-order valence-electron chi connectivity index (χ3n) is 5.66. The number of aromatic nitrogens is 3. The Balaban J connectivity index is 1.72. The Bertz CT molecular complexity index is 1190. The van der Waals surface area contributed by atoms with Crippen LogP contribution in [0.1, 0.15) is 43.9 Å². The molecule has 1 aromatic carbocycles. The number of piperazine rings is 1. The monoisotopic (exact) mass is 469 g/mol. The van der Waals surface area contributed by atoms with Gasteiger partial charge >= 0.3 is 6.09 Å². The predicted molar refractivity (Wildman–Crippen MR) is 127 cm³/mol. The van der Waals surface area contributed by atoms with Crippen LogP contribution in [0.25, 0.3) is 16.9 Å². The summed E-state index contributed by atoms with van der Waals surface area (Å²) >= 11 is 6.43. The number of rotatable bonds is 3. The fraction of sp³-hybridized carbons (Fsp3) is 0.417. The summed E-state index contributed by atoms with van der Waals surface area (Å²) < 4.78 is 6.69. The molecule has 0 radical (unpaired) electrons. The van der Waals surface area contributed by atoms with Gasteiger partial charge in [0.05, 0.1) is 18.0 Å². The van der Waals surface area contributed by atoms with Crippen LogP contribution >= 0.6 is 11.6 Å². The van der Waals surface area contributed by atoms with Gasteiger partial charge in [0.25, 0.3) is 5.91 Å². The van der Waals surface area contributed by atoms with Crippen LogP contribution in [0.2, 0.25) is 5.02 Å². The van der Waals surface area contributed by atoms with E-state index in [1.165, 1.54) is 0 Å². The number of benzene rings is 1. The molecular weight excluding hydrogens is 442 g/mol. The fourth-order valence-corrected chi connectivity index (χ4v) is 4.00. The van der Waals surface area contributed by atoms with E-state index in [9.17, 15) is 9.59 Å². The molecule has 3 aromatic rings. The topological polar surface area (TPSA) is 80.0 Å². The number of carbonyl (C=O) groups excluding carboxylic acids is 2. The van der Waals surface area contributed by atoms with Crippen molar-refractivity contribution in [2.75, 3.05) is 32.8 Å². The minimum absolute atomic E-state index is 0.164. The van der Waals surface area contributed by atoms with Gasteiger partial charge in [-0.05, 0) is 19.1 Å². The second-order valence-electron chi connectivity index (χ2n) is 9.03. The Kier molecular flexibility index (Phi) is 6.30. The van der Waals surface area contributed by atoms with Gasteiger partial charge < -0.3 is 14.5 Å². The third-order valence-corrected chi connectivity index (χ3v) is 5.99. The first kappa shape index (κ1) is 23.0. The Morgan fingerprint density at radius 1 is 1.06 bits per heavy atom. The molecule has 174 valence electrons. The normalized spacial score (nSPS) is 14.6. The quantitative estimate of drug-likeness (QED) is 0.572. The zero-order chi connectivity index (χ0) is 23.8. The maximum absolute atomic E-state index is 13.6. The molecule has 0 bridgehead atoms. The molecule has 0 saturated carbocycles. The molecule has 1 aliphatic rings. The molecule has 2 amide bonds. The van der Waals surface area contributed by atoms with Crippen molar-refractivity contribution in [3.05, 3.63) is 52.8 Å². The van der Waals surface area contributed by atoms with Gasteiger partial charge in [-0.15, -0.1) is 0 Å². The predicted octanol–water partition coefficient (Wildman–Crippen LogP) is 4.26. The first-order chi connectivity index (χ1) is 15.7. The van der Waals surface area contributed by atoms with E-state index in [2.05, 4.69) is 20.8 Å². The number of halogens is 1. The van der Waals surface area contributed by atoms with Crippen LogP contribution in [-0.4, -0.2) is 69.2 Å². The van der Waals surface area contributed by atoms with Crippen molar-refractivity contribution in [1.82, 2.24) is 24.4 Å². The highest BCUT2D eigenvalue weighted by Gasteiger charge is 2.29. The number of hydrogen-bond acceptors (Lipinski definition) is 5. The van der Waals surface area contributed by atoms with E-state index in [-0.39, 0.29) is 17.4 Å².